The number of esters is 1. The van der Waals surface area contributed by atoms with Gasteiger partial charge in [-0.05, 0) is 37.8 Å². The maximum atomic E-state index is 12.3. The Hall–Kier alpha value is -2.14. The molecule has 1 aromatic heterocycles. The number of rotatable bonds is 7. The van der Waals surface area contributed by atoms with Crippen molar-refractivity contribution in [1.82, 2.24) is 0 Å². The lowest BCUT2D eigenvalue weighted by Crippen LogP contribution is -2.15. The second-order valence-corrected chi connectivity index (χ2v) is 6.67. The van der Waals surface area contributed by atoms with Gasteiger partial charge in [0, 0.05) is 11.3 Å². The minimum Gasteiger partial charge on any atom is -0.462 e. The molecule has 0 saturated heterocycles. The average molecular weight is 345 g/mol. The lowest BCUT2D eigenvalue weighted by Gasteiger charge is -2.08. The van der Waals surface area contributed by atoms with E-state index in [0.717, 1.165) is 22.4 Å². The normalized spacial score (nSPS) is 10.5. The minimum atomic E-state index is -0.364. The maximum Gasteiger partial charge on any atom is 0.341 e. The quantitative estimate of drug-likeness (QED) is 0.758. The third kappa shape index (κ3) is 4.45. The van der Waals surface area contributed by atoms with Gasteiger partial charge in [-0.25, -0.2) is 4.79 Å². The molecule has 24 heavy (non-hydrogen) atoms. The molecule has 0 aliphatic rings. The number of ether oxygens (including phenoxy) is 1. The molecule has 0 saturated carbocycles. The Morgan fingerprint density at radius 3 is 2.50 bits per heavy atom. The fourth-order valence-corrected chi connectivity index (χ4v) is 3.75. The van der Waals surface area contributed by atoms with Crippen molar-refractivity contribution in [2.45, 2.75) is 40.0 Å². The smallest absolute Gasteiger partial charge is 0.341 e. The van der Waals surface area contributed by atoms with E-state index in [1.807, 2.05) is 44.2 Å². The van der Waals surface area contributed by atoms with E-state index >= 15 is 0 Å². The van der Waals surface area contributed by atoms with Gasteiger partial charge >= 0.3 is 5.97 Å². The summed E-state index contributed by atoms with van der Waals surface area (Å²) in [6.45, 7) is 6.06. The Kier molecular flexibility index (Phi) is 6.55. The number of anilines is 1. The Balaban J connectivity index is 2.10. The molecule has 2 rings (SSSR count). The van der Waals surface area contributed by atoms with Gasteiger partial charge in [0.1, 0.15) is 5.00 Å². The molecule has 1 heterocycles. The number of amides is 1. The fourth-order valence-electron chi connectivity index (χ4n) is 2.60. The van der Waals surface area contributed by atoms with E-state index in [2.05, 4.69) is 5.32 Å². The average Bonchev–Trinajstić information content (AvgIpc) is 2.89. The van der Waals surface area contributed by atoms with E-state index in [1.54, 1.807) is 6.92 Å². The van der Waals surface area contributed by atoms with Crippen LogP contribution in [0.3, 0.4) is 0 Å². The van der Waals surface area contributed by atoms with Crippen molar-refractivity contribution in [3.05, 3.63) is 51.9 Å². The van der Waals surface area contributed by atoms with Crippen molar-refractivity contribution < 1.29 is 14.3 Å². The van der Waals surface area contributed by atoms with Crippen LogP contribution in [0.1, 0.15) is 46.6 Å². The van der Waals surface area contributed by atoms with Crippen LogP contribution in [0.4, 0.5) is 5.00 Å². The Labute approximate surface area is 146 Å². The number of benzene rings is 1. The topological polar surface area (TPSA) is 55.4 Å². The number of hydrogen-bond acceptors (Lipinski definition) is 4. The third-order valence-corrected chi connectivity index (χ3v) is 4.84. The largest absolute Gasteiger partial charge is 0.462 e. The SMILES string of the molecule is CCOC(=O)c1c(NC(=O)CCc2ccccc2)sc(C)c1CC. The summed E-state index contributed by atoms with van der Waals surface area (Å²) in [6, 6.07) is 9.88. The van der Waals surface area contributed by atoms with Crippen molar-refractivity contribution in [3.8, 4) is 0 Å². The number of thiophene rings is 1. The van der Waals surface area contributed by atoms with Gasteiger partial charge in [0.25, 0.3) is 0 Å². The molecular weight excluding hydrogens is 322 g/mol. The van der Waals surface area contributed by atoms with Crippen LogP contribution >= 0.6 is 11.3 Å². The zero-order valence-corrected chi connectivity index (χ0v) is 15.2. The van der Waals surface area contributed by atoms with Crippen LogP contribution in [0.15, 0.2) is 30.3 Å². The van der Waals surface area contributed by atoms with Gasteiger partial charge in [0.15, 0.2) is 0 Å². The van der Waals surface area contributed by atoms with E-state index in [9.17, 15) is 9.59 Å². The predicted octanol–water partition coefficient (Wildman–Crippen LogP) is 4.37. The van der Waals surface area contributed by atoms with Gasteiger partial charge in [0.05, 0.1) is 12.2 Å². The Morgan fingerprint density at radius 2 is 1.88 bits per heavy atom. The van der Waals surface area contributed by atoms with Crippen LogP contribution in [-0.2, 0) is 22.4 Å². The fraction of sp³-hybridized carbons (Fsp3) is 0.368. The predicted molar refractivity (Wildman–Crippen MR) is 97.8 cm³/mol. The van der Waals surface area contributed by atoms with Gasteiger partial charge in [-0.3, -0.25) is 4.79 Å². The molecular formula is C19H23NO3S. The molecule has 2 aromatic rings. The highest BCUT2D eigenvalue weighted by atomic mass is 32.1. The highest BCUT2D eigenvalue weighted by Gasteiger charge is 2.23. The molecule has 0 aliphatic heterocycles. The zero-order valence-electron chi connectivity index (χ0n) is 14.3. The Bertz CT molecular complexity index is 707. The molecule has 128 valence electrons. The van der Waals surface area contributed by atoms with Crippen LogP contribution in [-0.4, -0.2) is 18.5 Å². The molecule has 0 fully saturated rings. The van der Waals surface area contributed by atoms with Crippen LogP contribution in [0, 0.1) is 6.92 Å². The molecule has 0 spiro atoms. The highest BCUT2D eigenvalue weighted by molar-refractivity contribution is 7.16. The Morgan fingerprint density at radius 1 is 1.17 bits per heavy atom. The maximum absolute atomic E-state index is 12.3. The molecule has 1 aromatic carbocycles. The van der Waals surface area contributed by atoms with Crippen molar-refractivity contribution >= 4 is 28.2 Å². The molecule has 1 N–H and O–H groups in total. The second kappa shape index (κ2) is 8.64. The molecule has 1 amide bonds. The van der Waals surface area contributed by atoms with Crippen molar-refractivity contribution in [1.29, 1.82) is 0 Å². The van der Waals surface area contributed by atoms with Crippen molar-refractivity contribution in [2.75, 3.05) is 11.9 Å². The summed E-state index contributed by atoms with van der Waals surface area (Å²) in [5.41, 5.74) is 2.58. The molecule has 0 bridgehead atoms. The first-order chi connectivity index (χ1) is 11.6. The van der Waals surface area contributed by atoms with Crippen molar-refractivity contribution in [2.24, 2.45) is 0 Å². The monoisotopic (exact) mass is 345 g/mol. The van der Waals surface area contributed by atoms with Gasteiger partial charge in [0.2, 0.25) is 5.91 Å². The molecule has 4 nitrogen and oxygen atoms in total. The summed E-state index contributed by atoms with van der Waals surface area (Å²) in [6.07, 6.45) is 1.79. The van der Waals surface area contributed by atoms with Gasteiger partial charge in [-0.2, -0.15) is 0 Å². The van der Waals surface area contributed by atoms with Crippen LogP contribution < -0.4 is 5.32 Å². The van der Waals surface area contributed by atoms with E-state index in [4.69, 9.17) is 4.74 Å². The summed E-state index contributed by atoms with van der Waals surface area (Å²) in [4.78, 5) is 25.6. The highest BCUT2D eigenvalue weighted by Crippen LogP contribution is 2.34. The summed E-state index contributed by atoms with van der Waals surface area (Å²) in [7, 11) is 0. The molecule has 0 unspecified atom stereocenters. The van der Waals surface area contributed by atoms with Crippen LogP contribution in [0.2, 0.25) is 0 Å². The first-order valence-electron chi connectivity index (χ1n) is 8.19. The van der Waals surface area contributed by atoms with Crippen LogP contribution in [0.5, 0.6) is 0 Å². The number of nitrogens with one attached hydrogen (secondary N) is 1. The van der Waals surface area contributed by atoms with Gasteiger partial charge < -0.3 is 10.1 Å². The van der Waals surface area contributed by atoms with E-state index in [-0.39, 0.29) is 11.9 Å². The first kappa shape index (κ1) is 18.2. The lowest BCUT2D eigenvalue weighted by atomic mass is 10.1. The lowest BCUT2D eigenvalue weighted by molar-refractivity contribution is -0.116. The number of carbonyl (C=O) groups excluding carboxylic acids is 2. The van der Waals surface area contributed by atoms with E-state index < -0.39 is 0 Å². The number of aryl methyl sites for hydroxylation is 2. The van der Waals surface area contributed by atoms with Crippen LogP contribution in [0.25, 0.3) is 0 Å². The molecule has 0 aliphatic carbocycles. The first-order valence-corrected chi connectivity index (χ1v) is 9.01. The molecule has 5 heteroatoms. The van der Waals surface area contributed by atoms with Gasteiger partial charge in [-0.15, -0.1) is 11.3 Å². The van der Waals surface area contributed by atoms with E-state index in [1.165, 1.54) is 11.3 Å². The molecule has 0 atom stereocenters. The summed E-state index contributed by atoms with van der Waals surface area (Å²) < 4.78 is 5.15. The minimum absolute atomic E-state index is 0.0895. The van der Waals surface area contributed by atoms with Crippen molar-refractivity contribution in [3.63, 3.8) is 0 Å². The van der Waals surface area contributed by atoms with Gasteiger partial charge in [-0.1, -0.05) is 37.3 Å². The summed E-state index contributed by atoms with van der Waals surface area (Å²) in [5, 5.41) is 3.49. The number of hydrogen-bond donors (Lipinski definition) is 1. The van der Waals surface area contributed by atoms with E-state index in [0.29, 0.717) is 30.0 Å². The second-order valence-electron chi connectivity index (χ2n) is 5.45. The summed E-state index contributed by atoms with van der Waals surface area (Å²) in [5.74, 6) is -0.453. The third-order valence-electron chi connectivity index (χ3n) is 3.78. The zero-order chi connectivity index (χ0) is 17.5. The standard InChI is InChI=1S/C19H23NO3S/c1-4-15-13(3)24-18(17(15)19(22)23-5-2)20-16(21)12-11-14-9-7-6-8-10-14/h6-10H,4-5,11-12H2,1-3H3,(H,20,21). The number of carbonyl (C=O) groups is 2. The summed E-state index contributed by atoms with van der Waals surface area (Å²) >= 11 is 1.44. The molecule has 0 radical (unpaired) electrons.